The van der Waals surface area contributed by atoms with E-state index in [-0.39, 0.29) is 20.1 Å². The van der Waals surface area contributed by atoms with Crippen molar-refractivity contribution in [1.82, 2.24) is 0 Å². The Morgan fingerprint density at radius 2 is 1.71 bits per heavy atom. The fourth-order valence-corrected chi connectivity index (χ4v) is 3.51. The molecule has 4 heteroatoms. The molecule has 0 amide bonds. The van der Waals surface area contributed by atoms with E-state index in [0.29, 0.717) is 12.1 Å². The summed E-state index contributed by atoms with van der Waals surface area (Å²) in [6.07, 6.45) is 2.47. The Morgan fingerprint density at radius 3 is 2.07 bits per heavy atom. The van der Waals surface area contributed by atoms with E-state index >= 15 is 0 Å². The highest BCUT2D eigenvalue weighted by Crippen LogP contribution is 2.42. The van der Waals surface area contributed by atoms with Gasteiger partial charge in [-0.25, -0.2) is 0 Å². The smallest absolute Gasteiger partial charge is 0.303 e. The van der Waals surface area contributed by atoms with Crippen molar-refractivity contribution >= 4 is 19.7 Å². The molecule has 1 unspecified atom stereocenters. The summed E-state index contributed by atoms with van der Waals surface area (Å²) in [7, 11) is -0.286. The number of carbonyl (C=O) groups is 2. The summed E-state index contributed by atoms with van der Waals surface area (Å²) in [4.78, 5) is 21.2. The molecule has 0 heterocycles. The molecule has 0 fully saturated rings. The predicted octanol–water partition coefficient (Wildman–Crippen LogP) is 2.33. The number of carboxylic acids is 1. The minimum Gasteiger partial charge on any atom is -0.481 e. The summed E-state index contributed by atoms with van der Waals surface area (Å²) < 4.78 is 0. The molecule has 0 saturated carbocycles. The van der Waals surface area contributed by atoms with Crippen LogP contribution in [0.25, 0.3) is 0 Å². The molecular formula is C10H19O3P. The van der Waals surface area contributed by atoms with Crippen molar-refractivity contribution < 1.29 is 14.7 Å². The van der Waals surface area contributed by atoms with Gasteiger partial charge in [-0.1, -0.05) is 13.8 Å². The first-order valence-corrected chi connectivity index (χ1v) is 6.67. The number of hydrogen-bond donors (Lipinski definition) is 1. The molecule has 0 aromatic rings. The Kier molecular flexibility index (Phi) is 6.73. The summed E-state index contributed by atoms with van der Waals surface area (Å²) >= 11 is 0. The van der Waals surface area contributed by atoms with E-state index < -0.39 is 5.97 Å². The number of ketones is 1. The van der Waals surface area contributed by atoms with Gasteiger partial charge in [0, 0.05) is 12.8 Å². The van der Waals surface area contributed by atoms with Gasteiger partial charge in [-0.05, 0) is 24.9 Å². The van der Waals surface area contributed by atoms with Gasteiger partial charge in [-0.15, -0.1) is 7.92 Å². The van der Waals surface area contributed by atoms with Gasteiger partial charge in [0.1, 0.15) is 5.78 Å². The zero-order valence-electron chi connectivity index (χ0n) is 9.12. The third kappa shape index (κ3) is 7.02. The molecule has 0 radical (unpaired) electrons. The maximum atomic E-state index is 10.8. The monoisotopic (exact) mass is 218 g/mol. The van der Waals surface area contributed by atoms with Gasteiger partial charge >= 0.3 is 5.97 Å². The normalized spacial score (nSPS) is 12.9. The molecule has 1 atom stereocenters. The maximum absolute atomic E-state index is 10.8. The van der Waals surface area contributed by atoms with E-state index in [1.54, 1.807) is 6.92 Å². The number of carbonyl (C=O) groups excluding carboxylic acids is 1. The van der Waals surface area contributed by atoms with Crippen molar-refractivity contribution in [3.05, 3.63) is 0 Å². The number of rotatable bonds is 7. The van der Waals surface area contributed by atoms with Crippen LogP contribution in [0.4, 0.5) is 0 Å². The van der Waals surface area contributed by atoms with Crippen LogP contribution in [0.2, 0.25) is 0 Å². The average molecular weight is 218 g/mol. The standard InChI is InChI=1S/C10H19O3P/c1-8(2)14(6-4-9(3)11)7-5-10(12)13/h8H,4-7H2,1-3H3,(H,12,13). The second-order valence-corrected chi connectivity index (χ2v) is 6.83. The van der Waals surface area contributed by atoms with Gasteiger partial charge in [0.15, 0.2) is 0 Å². The van der Waals surface area contributed by atoms with Crippen molar-refractivity contribution in [3.63, 3.8) is 0 Å². The highest BCUT2D eigenvalue weighted by atomic mass is 31.1. The molecule has 0 aliphatic heterocycles. The fourth-order valence-electron chi connectivity index (χ4n) is 1.17. The Bertz CT molecular complexity index is 184. The molecule has 0 rings (SSSR count). The molecule has 82 valence electrons. The van der Waals surface area contributed by atoms with E-state index in [4.69, 9.17) is 5.11 Å². The first kappa shape index (κ1) is 13.6. The minimum atomic E-state index is -0.735. The van der Waals surface area contributed by atoms with Crippen LogP contribution in [0, 0.1) is 0 Å². The SMILES string of the molecule is CC(=O)CCP(CCC(=O)O)C(C)C. The van der Waals surface area contributed by atoms with Gasteiger partial charge in [-0.3, -0.25) is 4.79 Å². The fraction of sp³-hybridized carbons (Fsp3) is 0.800. The molecule has 0 aromatic carbocycles. The van der Waals surface area contributed by atoms with Crippen LogP contribution in [0.5, 0.6) is 0 Å². The summed E-state index contributed by atoms with van der Waals surface area (Å²) in [6.45, 7) is 5.80. The van der Waals surface area contributed by atoms with Crippen molar-refractivity contribution in [1.29, 1.82) is 0 Å². The maximum Gasteiger partial charge on any atom is 0.303 e. The van der Waals surface area contributed by atoms with Crippen molar-refractivity contribution in [3.8, 4) is 0 Å². The largest absolute Gasteiger partial charge is 0.481 e. The van der Waals surface area contributed by atoms with Crippen LogP contribution in [0.3, 0.4) is 0 Å². The van der Waals surface area contributed by atoms with Crippen LogP contribution in [-0.2, 0) is 9.59 Å². The Balaban J connectivity index is 3.89. The lowest BCUT2D eigenvalue weighted by Gasteiger charge is -2.20. The second kappa shape index (κ2) is 6.94. The number of carboxylic acid groups (broad SMARTS) is 1. The second-order valence-electron chi connectivity index (χ2n) is 3.73. The Hall–Kier alpha value is -0.430. The third-order valence-electron chi connectivity index (χ3n) is 2.09. The molecular weight excluding hydrogens is 199 g/mol. The first-order valence-electron chi connectivity index (χ1n) is 4.88. The molecule has 3 nitrogen and oxygen atoms in total. The van der Waals surface area contributed by atoms with E-state index in [1.165, 1.54) is 0 Å². The molecule has 0 bridgehead atoms. The highest BCUT2D eigenvalue weighted by molar-refractivity contribution is 7.58. The summed E-state index contributed by atoms with van der Waals surface area (Å²) in [5.74, 6) is -0.533. The molecule has 0 saturated heterocycles. The van der Waals surface area contributed by atoms with E-state index in [1.807, 2.05) is 0 Å². The number of Topliss-reactive ketones (excluding diaryl/α,β-unsaturated/α-hetero) is 1. The quantitative estimate of drug-likeness (QED) is 0.667. The zero-order chi connectivity index (χ0) is 11.1. The van der Waals surface area contributed by atoms with Gasteiger partial charge in [0.25, 0.3) is 0 Å². The van der Waals surface area contributed by atoms with Gasteiger partial charge in [-0.2, -0.15) is 0 Å². The van der Waals surface area contributed by atoms with Gasteiger partial charge in [0.2, 0.25) is 0 Å². The average Bonchev–Trinajstić information content (AvgIpc) is 2.02. The van der Waals surface area contributed by atoms with Gasteiger partial charge in [0.05, 0.1) is 0 Å². The van der Waals surface area contributed by atoms with E-state index in [9.17, 15) is 9.59 Å². The Labute approximate surface area is 86.6 Å². The number of hydrogen-bond acceptors (Lipinski definition) is 2. The molecule has 0 aliphatic rings. The zero-order valence-corrected chi connectivity index (χ0v) is 10.0. The Morgan fingerprint density at radius 1 is 1.21 bits per heavy atom. The van der Waals surface area contributed by atoms with Crippen LogP contribution < -0.4 is 0 Å². The van der Waals surface area contributed by atoms with Crippen LogP contribution >= 0.6 is 7.92 Å². The lowest BCUT2D eigenvalue weighted by molar-refractivity contribution is -0.136. The summed E-state index contributed by atoms with van der Waals surface area (Å²) in [6, 6.07) is 0. The van der Waals surface area contributed by atoms with E-state index in [0.717, 1.165) is 12.3 Å². The summed E-state index contributed by atoms with van der Waals surface area (Å²) in [5.41, 5.74) is 0.517. The molecule has 14 heavy (non-hydrogen) atoms. The topological polar surface area (TPSA) is 54.4 Å². The predicted molar refractivity (Wildman–Crippen MR) is 59.3 cm³/mol. The lowest BCUT2D eigenvalue weighted by Crippen LogP contribution is -2.07. The highest BCUT2D eigenvalue weighted by Gasteiger charge is 2.14. The van der Waals surface area contributed by atoms with Crippen LogP contribution in [-0.4, -0.2) is 34.8 Å². The lowest BCUT2D eigenvalue weighted by atomic mass is 10.4. The van der Waals surface area contributed by atoms with Gasteiger partial charge < -0.3 is 9.90 Å². The first-order chi connectivity index (χ1) is 6.43. The summed E-state index contributed by atoms with van der Waals surface area (Å²) in [5, 5.41) is 8.56. The molecule has 0 spiro atoms. The van der Waals surface area contributed by atoms with Crippen LogP contribution in [0.1, 0.15) is 33.6 Å². The molecule has 0 aromatic heterocycles. The third-order valence-corrected chi connectivity index (χ3v) is 5.15. The molecule has 0 aliphatic carbocycles. The van der Waals surface area contributed by atoms with E-state index in [2.05, 4.69) is 13.8 Å². The number of aliphatic carboxylic acids is 1. The van der Waals surface area contributed by atoms with Crippen molar-refractivity contribution in [2.45, 2.75) is 39.3 Å². The molecule has 1 N–H and O–H groups in total. The minimum absolute atomic E-state index is 0.202. The van der Waals surface area contributed by atoms with Crippen LogP contribution in [0.15, 0.2) is 0 Å². The van der Waals surface area contributed by atoms with Crippen molar-refractivity contribution in [2.24, 2.45) is 0 Å². The van der Waals surface area contributed by atoms with Crippen molar-refractivity contribution in [2.75, 3.05) is 12.3 Å².